The Morgan fingerprint density at radius 2 is 1.83 bits per heavy atom. The van der Waals surface area contributed by atoms with Crippen molar-refractivity contribution in [2.24, 2.45) is 11.7 Å². The molecule has 4 heteroatoms. The second-order valence-corrected chi connectivity index (χ2v) is 7.22. The molecule has 3 nitrogen and oxygen atoms in total. The number of nitrogens with zero attached hydrogens (tertiary/aromatic N) is 1. The maximum atomic E-state index is 12.8. The van der Waals surface area contributed by atoms with E-state index in [2.05, 4.69) is 42.7 Å². The molecule has 1 fully saturated rings. The zero-order valence-corrected chi connectivity index (χ0v) is 14.8. The number of hydrogen-bond acceptors (Lipinski definition) is 3. The first-order valence-electron chi connectivity index (χ1n) is 8.35. The van der Waals surface area contributed by atoms with Crippen LogP contribution in [0.25, 0.3) is 0 Å². The van der Waals surface area contributed by atoms with Gasteiger partial charge in [0, 0.05) is 30.3 Å². The summed E-state index contributed by atoms with van der Waals surface area (Å²) in [7, 11) is 0. The molecule has 2 N–H and O–H groups in total. The number of carbonyl (C=O) groups is 1. The fraction of sp³-hybridized carbons (Fsp3) is 0.350. The van der Waals surface area contributed by atoms with Gasteiger partial charge in [0.15, 0.2) is 0 Å². The SMILES string of the molecule is CSCc1ccc(C(=O)N2C[C@@H](CN)[C@H](c3ccccc3)C2)cc1. The fourth-order valence-electron chi connectivity index (χ4n) is 3.45. The number of likely N-dealkylation sites (tertiary alicyclic amines) is 1. The molecule has 126 valence electrons. The molecule has 0 saturated carbocycles. The molecule has 3 rings (SSSR count). The van der Waals surface area contributed by atoms with Crippen molar-refractivity contribution >= 4 is 17.7 Å². The molecule has 1 heterocycles. The molecular formula is C20H24N2OS. The van der Waals surface area contributed by atoms with E-state index in [9.17, 15) is 4.79 Å². The lowest BCUT2D eigenvalue weighted by atomic mass is 9.89. The number of carbonyl (C=O) groups excluding carboxylic acids is 1. The summed E-state index contributed by atoms with van der Waals surface area (Å²) in [6.45, 7) is 2.09. The number of hydrogen-bond donors (Lipinski definition) is 1. The molecular weight excluding hydrogens is 316 g/mol. The van der Waals surface area contributed by atoms with Crippen LogP contribution in [0.15, 0.2) is 54.6 Å². The van der Waals surface area contributed by atoms with E-state index < -0.39 is 0 Å². The smallest absolute Gasteiger partial charge is 0.253 e. The molecule has 0 bridgehead atoms. The summed E-state index contributed by atoms with van der Waals surface area (Å²) in [5.74, 6) is 1.74. The zero-order valence-electron chi connectivity index (χ0n) is 14.0. The van der Waals surface area contributed by atoms with Crippen LogP contribution >= 0.6 is 11.8 Å². The highest BCUT2D eigenvalue weighted by atomic mass is 32.2. The second kappa shape index (κ2) is 7.86. The molecule has 2 aromatic carbocycles. The van der Waals surface area contributed by atoms with Crippen LogP contribution in [0.4, 0.5) is 0 Å². The molecule has 0 unspecified atom stereocenters. The van der Waals surface area contributed by atoms with E-state index in [1.165, 1.54) is 11.1 Å². The van der Waals surface area contributed by atoms with Gasteiger partial charge in [-0.3, -0.25) is 4.79 Å². The van der Waals surface area contributed by atoms with Gasteiger partial charge in [0.2, 0.25) is 0 Å². The highest BCUT2D eigenvalue weighted by Crippen LogP contribution is 2.32. The molecule has 0 spiro atoms. The average molecular weight is 340 g/mol. The third-order valence-corrected chi connectivity index (χ3v) is 5.39. The Morgan fingerprint density at radius 3 is 2.46 bits per heavy atom. The Labute approximate surface area is 148 Å². The van der Waals surface area contributed by atoms with Crippen molar-refractivity contribution in [2.45, 2.75) is 11.7 Å². The van der Waals surface area contributed by atoms with E-state index in [1.807, 2.05) is 23.1 Å². The molecule has 2 aromatic rings. The van der Waals surface area contributed by atoms with Gasteiger partial charge in [-0.2, -0.15) is 11.8 Å². The molecule has 0 aliphatic carbocycles. The van der Waals surface area contributed by atoms with E-state index in [0.717, 1.165) is 24.4 Å². The van der Waals surface area contributed by atoms with Gasteiger partial charge in [0.05, 0.1) is 0 Å². The van der Waals surface area contributed by atoms with Gasteiger partial charge in [-0.1, -0.05) is 42.5 Å². The Kier molecular flexibility index (Phi) is 5.59. The minimum atomic E-state index is 0.114. The quantitative estimate of drug-likeness (QED) is 0.908. The Balaban J connectivity index is 1.74. The van der Waals surface area contributed by atoms with Crippen molar-refractivity contribution < 1.29 is 4.79 Å². The first-order chi connectivity index (χ1) is 11.7. The molecule has 2 atom stereocenters. The van der Waals surface area contributed by atoms with Crippen LogP contribution in [0.3, 0.4) is 0 Å². The molecule has 1 amide bonds. The van der Waals surface area contributed by atoms with Crippen LogP contribution in [0.1, 0.15) is 27.4 Å². The summed E-state index contributed by atoms with van der Waals surface area (Å²) in [4.78, 5) is 14.8. The number of benzene rings is 2. The third-order valence-electron chi connectivity index (χ3n) is 4.77. The lowest BCUT2D eigenvalue weighted by molar-refractivity contribution is 0.0786. The topological polar surface area (TPSA) is 46.3 Å². The van der Waals surface area contributed by atoms with Crippen LogP contribution in [-0.2, 0) is 5.75 Å². The van der Waals surface area contributed by atoms with Crippen LogP contribution < -0.4 is 5.73 Å². The Bertz CT molecular complexity index is 672. The largest absolute Gasteiger partial charge is 0.338 e. The first kappa shape index (κ1) is 17.1. The predicted octanol–water partition coefficient (Wildman–Crippen LogP) is 3.36. The van der Waals surface area contributed by atoms with Gasteiger partial charge in [-0.05, 0) is 42.0 Å². The maximum absolute atomic E-state index is 12.8. The van der Waals surface area contributed by atoms with Crippen LogP contribution in [-0.4, -0.2) is 36.7 Å². The van der Waals surface area contributed by atoms with E-state index in [4.69, 9.17) is 5.73 Å². The molecule has 0 radical (unpaired) electrons. The van der Waals surface area contributed by atoms with Crippen molar-refractivity contribution in [1.82, 2.24) is 4.90 Å². The van der Waals surface area contributed by atoms with Crippen molar-refractivity contribution in [3.8, 4) is 0 Å². The van der Waals surface area contributed by atoms with Gasteiger partial charge >= 0.3 is 0 Å². The number of nitrogens with two attached hydrogens (primary N) is 1. The van der Waals surface area contributed by atoms with Gasteiger partial charge in [-0.15, -0.1) is 0 Å². The van der Waals surface area contributed by atoms with Crippen LogP contribution in [0.5, 0.6) is 0 Å². The predicted molar refractivity (Wildman–Crippen MR) is 101 cm³/mol. The summed E-state index contributed by atoms with van der Waals surface area (Å²) in [6.07, 6.45) is 2.08. The van der Waals surface area contributed by atoms with Crippen molar-refractivity contribution in [2.75, 3.05) is 25.9 Å². The van der Waals surface area contributed by atoms with E-state index in [0.29, 0.717) is 18.4 Å². The molecule has 1 saturated heterocycles. The van der Waals surface area contributed by atoms with Crippen LogP contribution in [0, 0.1) is 5.92 Å². The average Bonchev–Trinajstić information content (AvgIpc) is 3.07. The summed E-state index contributed by atoms with van der Waals surface area (Å²) in [5, 5.41) is 0. The van der Waals surface area contributed by atoms with Crippen molar-refractivity contribution in [3.63, 3.8) is 0 Å². The molecule has 0 aromatic heterocycles. The normalized spacial score (nSPS) is 20.3. The number of rotatable bonds is 5. The first-order valence-corrected chi connectivity index (χ1v) is 9.74. The van der Waals surface area contributed by atoms with Gasteiger partial charge < -0.3 is 10.6 Å². The van der Waals surface area contributed by atoms with Crippen molar-refractivity contribution in [3.05, 3.63) is 71.3 Å². The molecule has 24 heavy (non-hydrogen) atoms. The maximum Gasteiger partial charge on any atom is 0.253 e. The summed E-state index contributed by atoms with van der Waals surface area (Å²) < 4.78 is 0. The second-order valence-electron chi connectivity index (χ2n) is 6.35. The fourth-order valence-corrected chi connectivity index (χ4v) is 3.97. The minimum Gasteiger partial charge on any atom is -0.338 e. The monoisotopic (exact) mass is 340 g/mol. The third kappa shape index (κ3) is 3.65. The number of thioether (sulfide) groups is 1. The van der Waals surface area contributed by atoms with E-state index >= 15 is 0 Å². The Morgan fingerprint density at radius 1 is 1.12 bits per heavy atom. The van der Waals surface area contributed by atoms with Crippen LogP contribution in [0.2, 0.25) is 0 Å². The van der Waals surface area contributed by atoms with E-state index in [1.54, 1.807) is 11.8 Å². The highest BCUT2D eigenvalue weighted by molar-refractivity contribution is 7.97. The standard InChI is InChI=1S/C20H24N2OS/c1-24-14-15-7-9-17(10-8-15)20(23)22-12-18(11-21)19(13-22)16-5-3-2-4-6-16/h2-10,18-19H,11-14,21H2,1H3/t18-,19+/m1/s1. The highest BCUT2D eigenvalue weighted by Gasteiger charge is 2.35. The van der Waals surface area contributed by atoms with Gasteiger partial charge in [0.25, 0.3) is 5.91 Å². The van der Waals surface area contributed by atoms with E-state index in [-0.39, 0.29) is 5.91 Å². The van der Waals surface area contributed by atoms with Gasteiger partial charge in [0.1, 0.15) is 0 Å². The summed E-state index contributed by atoms with van der Waals surface area (Å²) in [5.41, 5.74) is 9.27. The lowest BCUT2D eigenvalue weighted by Gasteiger charge is -2.17. The lowest BCUT2D eigenvalue weighted by Crippen LogP contribution is -2.29. The molecule has 1 aliphatic rings. The molecule has 1 aliphatic heterocycles. The summed E-state index contributed by atoms with van der Waals surface area (Å²) >= 11 is 1.79. The Hall–Kier alpha value is -1.78. The number of amides is 1. The summed E-state index contributed by atoms with van der Waals surface area (Å²) in [6, 6.07) is 18.4. The minimum absolute atomic E-state index is 0.114. The zero-order chi connectivity index (χ0) is 16.9. The van der Waals surface area contributed by atoms with Gasteiger partial charge in [-0.25, -0.2) is 0 Å². The van der Waals surface area contributed by atoms with Crippen molar-refractivity contribution in [1.29, 1.82) is 0 Å².